The highest BCUT2D eigenvalue weighted by Crippen LogP contribution is 2.25. The van der Waals surface area contributed by atoms with Crippen LogP contribution in [-0.2, 0) is 11.3 Å². The second kappa shape index (κ2) is 11.5. The maximum absolute atomic E-state index is 12.6. The summed E-state index contributed by atoms with van der Waals surface area (Å²) in [5, 5.41) is 26.0. The van der Waals surface area contributed by atoms with Crippen molar-refractivity contribution >= 4 is 58.2 Å². The molecule has 0 saturated heterocycles. The Morgan fingerprint density at radius 1 is 1.17 bits per heavy atom. The molecule has 0 aliphatic rings. The molecule has 2 N–H and O–H groups in total. The molecule has 3 aromatic rings. The van der Waals surface area contributed by atoms with Crippen LogP contribution in [-0.4, -0.2) is 37.3 Å². The van der Waals surface area contributed by atoms with Gasteiger partial charge in [-0.2, -0.15) is 0 Å². The van der Waals surface area contributed by atoms with Gasteiger partial charge in [0.1, 0.15) is 0 Å². The third kappa shape index (κ3) is 6.50. The Labute approximate surface area is 215 Å². The number of nitrogens with zero attached hydrogens (tertiary/aromatic N) is 4. The highest BCUT2D eigenvalue weighted by atomic mass is 35.5. The number of carbonyl (C=O) groups excluding carboxylic acids is 2. The highest BCUT2D eigenvalue weighted by Gasteiger charge is 2.21. The third-order valence-electron chi connectivity index (χ3n) is 5.01. The number of aryl methyl sites for hydroxylation is 1. The lowest BCUT2D eigenvalue weighted by molar-refractivity contribution is -0.384. The predicted octanol–water partition coefficient (Wildman–Crippen LogP) is 5.04. The number of halogens is 2. The minimum atomic E-state index is -0.488. The molecule has 2 aromatic carbocycles. The van der Waals surface area contributed by atoms with Crippen LogP contribution < -0.4 is 10.6 Å². The summed E-state index contributed by atoms with van der Waals surface area (Å²) in [4.78, 5) is 35.4. The van der Waals surface area contributed by atoms with Crippen molar-refractivity contribution in [2.24, 2.45) is 0 Å². The number of nitro groups is 1. The number of hydrogen-bond acceptors (Lipinski definition) is 7. The van der Waals surface area contributed by atoms with E-state index in [9.17, 15) is 19.7 Å². The number of nitrogens with one attached hydrogen (secondary N) is 2. The molecule has 0 aliphatic carbocycles. The third-order valence-corrected chi connectivity index (χ3v) is 6.71. The van der Waals surface area contributed by atoms with Crippen LogP contribution in [0.5, 0.6) is 0 Å². The van der Waals surface area contributed by atoms with Crippen molar-refractivity contribution in [1.29, 1.82) is 0 Å². The van der Waals surface area contributed by atoms with Gasteiger partial charge in [0.25, 0.3) is 11.6 Å². The van der Waals surface area contributed by atoms with Crippen molar-refractivity contribution in [3.8, 4) is 0 Å². The Morgan fingerprint density at radius 3 is 2.54 bits per heavy atom. The van der Waals surface area contributed by atoms with Crippen molar-refractivity contribution in [2.45, 2.75) is 38.5 Å². The standard InChI is InChI=1S/C22H22Cl2N6O4S/c1-4-29-20(13(3)25-21(32)14-5-7-16(23)17(24)10-14)27-28-22(29)35-11-19(31)26-18-8-6-15(30(33)34)9-12(18)2/h5-10,13H,4,11H2,1-3H3,(H,25,32)(H,26,31)/t13-/m0/s1. The van der Waals surface area contributed by atoms with E-state index in [4.69, 9.17) is 23.2 Å². The molecule has 184 valence electrons. The molecular formula is C22H22Cl2N6O4S. The van der Waals surface area contributed by atoms with Gasteiger partial charge in [0.15, 0.2) is 11.0 Å². The molecule has 0 unspecified atom stereocenters. The number of anilines is 1. The predicted molar refractivity (Wildman–Crippen MR) is 135 cm³/mol. The second-order valence-electron chi connectivity index (χ2n) is 7.50. The van der Waals surface area contributed by atoms with Gasteiger partial charge < -0.3 is 15.2 Å². The summed E-state index contributed by atoms with van der Waals surface area (Å²) in [5.41, 5.74) is 1.40. The molecule has 0 aliphatic heterocycles. The van der Waals surface area contributed by atoms with Crippen molar-refractivity contribution in [3.05, 3.63) is 73.5 Å². The van der Waals surface area contributed by atoms with Crippen molar-refractivity contribution < 1.29 is 14.5 Å². The van der Waals surface area contributed by atoms with E-state index in [-0.39, 0.29) is 28.3 Å². The molecule has 1 heterocycles. The summed E-state index contributed by atoms with van der Waals surface area (Å²) >= 11 is 13.1. The maximum Gasteiger partial charge on any atom is 0.269 e. The summed E-state index contributed by atoms with van der Waals surface area (Å²) in [5.74, 6) is -0.0394. The van der Waals surface area contributed by atoms with Gasteiger partial charge >= 0.3 is 0 Å². The minimum Gasteiger partial charge on any atom is -0.342 e. The van der Waals surface area contributed by atoms with Crippen molar-refractivity contribution in [2.75, 3.05) is 11.1 Å². The number of nitro benzene ring substituents is 1. The number of non-ortho nitro benzene ring substituents is 1. The molecule has 0 fully saturated rings. The lowest BCUT2D eigenvalue weighted by atomic mass is 10.2. The fourth-order valence-corrected chi connectivity index (χ4v) is 4.33. The van der Waals surface area contributed by atoms with Gasteiger partial charge in [0.05, 0.1) is 26.8 Å². The average molecular weight is 537 g/mol. The van der Waals surface area contributed by atoms with Crippen LogP contribution in [0.2, 0.25) is 10.0 Å². The van der Waals surface area contributed by atoms with E-state index < -0.39 is 11.0 Å². The molecule has 10 nitrogen and oxygen atoms in total. The quantitative estimate of drug-likeness (QED) is 0.222. The topological polar surface area (TPSA) is 132 Å². The van der Waals surface area contributed by atoms with Gasteiger partial charge in [-0.25, -0.2) is 0 Å². The molecule has 0 radical (unpaired) electrons. The molecule has 13 heteroatoms. The Morgan fingerprint density at radius 2 is 1.91 bits per heavy atom. The monoisotopic (exact) mass is 536 g/mol. The number of hydrogen-bond donors (Lipinski definition) is 2. The number of aromatic nitrogens is 3. The first-order valence-corrected chi connectivity index (χ1v) is 12.2. The first-order chi connectivity index (χ1) is 16.6. The second-order valence-corrected chi connectivity index (χ2v) is 9.26. The molecular weight excluding hydrogens is 515 g/mol. The summed E-state index contributed by atoms with van der Waals surface area (Å²) in [6, 6.07) is 8.39. The van der Waals surface area contributed by atoms with E-state index in [1.54, 1.807) is 26.0 Å². The average Bonchev–Trinajstić information content (AvgIpc) is 3.23. The van der Waals surface area contributed by atoms with E-state index in [0.717, 1.165) is 0 Å². The molecule has 0 bridgehead atoms. The highest BCUT2D eigenvalue weighted by molar-refractivity contribution is 7.99. The van der Waals surface area contributed by atoms with Gasteiger partial charge in [0.2, 0.25) is 5.91 Å². The van der Waals surface area contributed by atoms with E-state index in [0.29, 0.717) is 39.4 Å². The van der Waals surface area contributed by atoms with Crippen molar-refractivity contribution in [3.63, 3.8) is 0 Å². The van der Waals surface area contributed by atoms with Crippen LogP contribution >= 0.6 is 35.0 Å². The smallest absolute Gasteiger partial charge is 0.269 e. The molecule has 2 amide bonds. The fraction of sp³-hybridized carbons (Fsp3) is 0.273. The zero-order valence-electron chi connectivity index (χ0n) is 19.0. The Kier molecular flexibility index (Phi) is 8.71. The maximum atomic E-state index is 12.6. The minimum absolute atomic E-state index is 0.0428. The largest absolute Gasteiger partial charge is 0.342 e. The van der Waals surface area contributed by atoms with E-state index in [2.05, 4.69) is 20.8 Å². The van der Waals surface area contributed by atoms with Gasteiger partial charge in [-0.1, -0.05) is 35.0 Å². The fourth-order valence-electron chi connectivity index (χ4n) is 3.22. The molecule has 3 rings (SSSR count). The van der Waals surface area contributed by atoms with Crippen LogP contribution in [0, 0.1) is 17.0 Å². The van der Waals surface area contributed by atoms with Gasteiger partial charge in [-0.15, -0.1) is 10.2 Å². The molecule has 1 atom stereocenters. The number of rotatable bonds is 9. The summed E-state index contributed by atoms with van der Waals surface area (Å²) in [6.07, 6.45) is 0. The summed E-state index contributed by atoms with van der Waals surface area (Å²) in [6.45, 7) is 5.90. The molecule has 35 heavy (non-hydrogen) atoms. The normalized spacial score (nSPS) is 11.7. The lowest BCUT2D eigenvalue weighted by Crippen LogP contribution is -2.28. The van der Waals surface area contributed by atoms with Gasteiger partial charge in [-0.05, 0) is 50.6 Å². The SMILES string of the molecule is CCn1c(SCC(=O)Nc2ccc([N+](=O)[O-])cc2C)nnc1[C@H](C)NC(=O)c1ccc(Cl)c(Cl)c1. The Balaban J connectivity index is 1.63. The van der Waals surface area contributed by atoms with Crippen LogP contribution in [0.4, 0.5) is 11.4 Å². The summed E-state index contributed by atoms with van der Waals surface area (Å²) < 4.78 is 1.81. The first kappa shape index (κ1) is 26.5. The number of benzene rings is 2. The zero-order chi connectivity index (χ0) is 25.7. The molecule has 0 spiro atoms. The first-order valence-electron chi connectivity index (χ1n) is 10.5. The lowest BCUT2D eigenvalue weighted by Gasteiger charge is -2.15. The van der Waals surface area contributed by atoms with Crippen LogP contribution in [0.15, 0.2) is 41.6 Å². The Bertz CT molecular complexity index is 1280. The van der Waals surface area contributed by atoms with Crippen molar-refractivity contribution in [1.82, 2.24) is 20.1 Å². The van der Waals surface area contributed by atoms with E-state index in [1.807, 2.05) is 11.5 Å². The number of carbonyl (C=O) groups is 2. The van der Waals surface area contributed by atoms with Crippen LogP contribution in [0.3, 0.4) is 0 Å². The summed E-state index contributed by atoms with van der Waals surface area (Å²) in [7, 11) is 0. The number of thioether (sulfide) groups is 1. The molecule has 1 aromatic heterocycles. The van der Waals surface area contributed by atoms with E-state index in [1.165, 1.54) is 36.0 Å². The zero-order valence-corrected chi connectivity index (χ0v) is 21.4. The molecule has 0 saturated carbocycles. The van der Waals surface area contributed by atoms with Gasteiger partial charge in [0, 0.05) is 29.9 Å². The Hall–Kier alpha value is -3.15. The van der Waals surface area contributed by atoms with Gasteiger partial charge in [-0.3, -0.25) is 19.7 Å². The van der Waals surface area contributed by atoms with Crippen LogP contribution in [0.1, 0.15) is 41.6 Å². The van der Waals surface area contributed by atoms with Crippen LogP contribution in [0.25, 0.3) is 0 Å². The number of amides is 2. The van der Waals surface area contributed by atoms with E-state index >= 15 is 0 Å².